The maximum Gasteiger partial charge on any atom is 0.341 e. The maximum absolute atomic E-state index is 15.2. The number of carboxylic acids is 2. The molecule has 0 atom stereocenters. The average molecular weight is 532 g/mol. The number of carboxylic acid groups (broad SMARTS) is 2. The zero-order valence-corrected chi connectivity index (χ0v) is 21.4. The van der Waals surface area contributed by atoms with Gasteiger partial charge in [0.1, 0.15) is 30.0 Å². The minimum absolute atomic E-state index is 0. The number of fused-ring (bicyclic) bond motifs is 2. The van der Waals surface area contributed by atoms with Gasteiger partial charge in [-0.15, -0.1) is 0 Å². The molecule has 3 aliphatic heterocycles. The molecule has 1 fully saturated rings. The Kier molecular flexibility index (Phi) is 6.63. The lowest BCUT2D eigenvalue weighted by Crippen LogP contribution is -3.00. The Morgan fingerprint density at radius 1 is 1.14 bits per heavy atom. The number of aromatic nitrogens is 1. The summed E-state index contributed by atoms with van der Waals surface area (Å²) in [6, 6.07) is 2.74. The number of piperazine rings is 1. The lowest BCUT2D eigenvalue weighted by Gasteiger charge is -2.39. The lowest BCUT2D eigenvalue weighted by molar-refractivity contribution is -0.935. The Hall–Kier alpha value is -3.70. The highest BCUT2D eigenvalue weighted by Crippen LogP contribution is 2.34. The number of hydrogen-bond acceptors (Lipinski definition) is 6. The lowest BCUT2D eigenvalue weighted by atomic mass is 10.0. The first-order chi connectivity index (χ1) is 17.0. The van der Waals surface area contributed by atoms with Crippen LogP contribution >= 0.6 is 0 Å². The average Bonchev–Trinajstić information content (AvgIpc) is 3.18. The van der Waals surface area contributed by atoms with Crippen molar-refractivity contribution in [2.24, 2.45) is 5.10 Å². The smallest absolute Gasteiger partial charge is 0.341 e. The molecule has 4 heterocycles. The summed E-state index contributed by atoms with van der Waals surface area (Å²) < 4.78 is 17.2. The second kappa shape index (κ2) is 9.31. The van der Waals surface area contributed by atoms with Crippen LogP contribution in [0.3, 0.4) is 0 Å². The number of hydrogen-bond donors (Lipinski definition) is 2. The molecule has 0 aliphatic carbocycles. The van der Waals surface area contributed by atoms with Crippen LogP contribution < -0.4 is 22.7 Å². The van der Waals surface area contributed by atoms with Crippen molar-refractivity contribution in [3.05, 3.63) is 62.9 Å². The maximum atomic E-state index is 15.2. The van der Waals surface area contributed by atoms with Gasteiger partial charge in [0.05, 0.1) is 24.3 Å². The largest absolute Gasteiger partial charge is 1.00 e. The topological polar surface area (TPSA) is 115 Å². The molecule has 1 aromatic heterocycles. The van der Waals surface area contributed by atoms with Crippen LogP contribution in [0, 0.1) is 5.82 Å². The first kappa shape index (κ1) is 26.4. The summed E-state index contributed by atoms with van der Waals surface area (Å²) in [4.78, 5) is 39.8. The fourth-order valence-corrected chi connectivity index (χ4v) is 5.36. The summed E-state index contributed by atoms with van der Waals surface area (Å²) in [5.74, 6) is -2.48. The number of aromatic carboxylic acids is 1. The fourth-order valence-electron chi connectivity index (χ4n) is 5.36. The van der Waals surface area contributed by atoms with Crippen molar-refractivity contribution < 1.29 is 41.2 Å². The van der Waals surface area contributed by atoms with Gasteiger partial charge in [-0.25, -0.2) is 14.0 Å². The third kappa shape index (κ3) is 4.17. The van der Waals surface area contributed by atoms with E-state index in [9.17, 15) is 24.6 Å². The van der Waals surface area contributed by atoms with Gasteiger partial charge in [0.2, 0.25) is 11.3 Å². The van der Waals surface area contributed by atoms with E-state index >= 15 is 4.39 Å². The van der Waals surface area contributed by atoms with Gasteiger partial charge in [-0.3, -0.25) is 9.69 Å². The van der Waals surface area contributed by atoms with Crippen LogP contribution in [-0.2, 0) is 11.3 Å². The summed E-state index contributed by atoms with van der Waals surface area (Å²) in [7, 11) is 0. The SMILES string of the molecule is CCn1cc(C(=O)O)c(=O)c2cc(F)c(N3CC[N+]4(CC3)CN3C(C)=CC(C)=C(C(=O)O)C3=N4)cc21.[Cl-]. The van der Waals surface area contributed by atoms with Crippen LogP contribution in [0.15, 0.2) is 51.1 Å². The number of anilines is 1. The molecule has 196 valence electrons. The number of allylic oxidation sites excluding steroid dienone is 3. The first-order valence-electron chi connectivity index (χ1n) is 11.8. The normalized spacial score (nSPS) is 18.5. The minimum atomic E-state index is -1.34. The molecule has 5 rings (SSSR count). The number of aryl methyl sites for hydroxylation is 1. The second-order valence-electron chi connectivity index (χ2n) is 9.46. The summed E-state index contributed by atoms with van der Waals surface area (Å²) in [6.07, 6.45) is 3.15. The predicted octanol–water partition coefficient (Wildman–Crippen LogP) is -0.595. The van der Waals surface area contributed by atoms with Gasteiger partial charge in [-0.05, 0) is 44.6 Å². The molecule has 0 amide bonds. The van der Waals surface area contributed by atoms with E-state index in [4.69, 9.17) is 5.10 Å². The van der Waals surface area contributed by atoms with E-state index in [1.807, 2.05) is 29.7 Å². The quantitative estimate of drug-likeness (QED) is 0.506. The van der Waals surface area contributed by atoms with E-state index in [-0.39, 0.29) is 28.9 Å². The fraction of sp³-hybridized carbons (Fsp3) is 0.360. The van der Waals surface area contributed by atoms with E-state index in [0.29, 0.717) is 66.6 Å². The molecule has 1 spiro atoms. The van der Waals surface area contributed by atoms with Gasteiger partial charge in [-0.1, -0.05) is 5.10 Å². The molecule has 3 aliphatic rings. The highest BCUT2D eigenvalue weighted by atomic mass is 35.5. The monoisotopic (exact) mass is 531 g/mol. The van der Waals surface area contributed by atoms with Gasteiger partial charge in [0.15, 0.2) is 6.67 Å². The van der Waals surface area contributed by atoms with Gasteiger partial charge < -0.3 is 32.1 Å². The number of quaternary nitrogens is 1. The van der Waals surface area contributed by atoms with E-state index in [2.05, 4.69) is 0 Å². The molecule has 37 heavy (non-hydrogen) atoms. The van der Waals surface area contributed by atoms with E-state index in [1.165, 1.54) is 6.20 Å². The second-order valence-corrected chi connectivity index (χ2v) is 9.46. The van der Waals surface area contributed by atoms with Crippen LogP contribution in [0.5, 0.6) is 0 Å². The number of halogens is 2. The Balaban J connectivity index is 0.00000320. The molecular formula is C25H27ClFN5O5. The molecular weight excluding hydrogens is 505 g/mol. The van der Waals surface area contributed by atoms with Crippen LogP contribution in [-0.4, -0.2) is 74.9 Å². The van der Waals surface area contributed by atoms with Crippen LogP contribution in [0.2, 0.25) is 0 Å². The van der Waals surface area contributed by atoms with Crippen LogP contribution in [0.4, 0.5) is 10.1 Å². The third-order valence-corrected chi connectivity index (χ3v) is 7.28. The van der Waals surface area contributed by atoms with Gasteiger partial charge in [0.25, 0.3) is 0 Å². The Morgan fingerprint density at radius 3 is 2.41 bits per heavy atom. The summed E-state index contributed by atoms with van der Waals surface area (Å²) in [5, 5.41) is 24.0. The van der Waals surface area contributed by atoms with Gasteiger partial charge in [0, 0.05) is 23.8 Å². The molecule has 0 saturated carbocycles. The molecule has 0 unspecified atom stereocenters. The molecule has 1 aromatic carbocycles. The van der Waals surface area contributed by atoms with Gasteiger partial charge >= 0.3 is 11.9 Å². The summed E-state index contributed by atoms with van der Waals surface area (Å²) in [5.41, 5.74) is 1.53. The highest BCUT2D eigenvalue weighted by molar-refractivity contribution is 6.20. The zero-order valence-electron chi connectivity index (χ0n) is 20.7. The predicted molar refractivity (Wildman–Crippen MR) is 131 cm³/mol. The molecule has 2 aromatic rings. The van der Waals surface area contributed by atoms with Crippen molar-refractivity contribution in [1.29, 1.82) is 0 Å². The molecule has 12 heteroatoms. The van der Waals surface area contributed by atoms with Crippen molar-refractivity contribution >= 4 is 34.4 Å². The van der Waals surface area contributed by atoms with Crippen LogP contribution in [0.25, 0.3) is 10.9 Å². The molecule has 0 bridgehead atoms. The molecule has 10 nitrogen and oxygen atoms in total. The highest BCUT2D eigenvalue weighted by Gasteiger charge is 2.46. The molecule has 2 N–H and O–H groups in total. The standard InChI is InChI=1S/C25H26FN5O5.ClH/c1-4-28-12-17(24(33)34)22(32)16-10-18(26)20(11-19(16)28)29-5-7-31(8-6-29)13-30-15(3)9-14(2)21(25(35)36)23(30)27-31;/h9-12H,4-8,13H2,1-3H3,(H-,33,34,35,36);1H. The molecule has 1 saturated heterocycles. The number of nitrogens with zero attached hydrogens (tertiary/aromatic N) is 5. The van der Waals surface area contributed by atoms with Crippen molar-refractivity contribution in [1.82, 2.24) is 9.47 Å². The number of aliphatic carboxylic acids is 1. The Labute approximate surface area is 218 Å². The van der Waals surface area contributed by atoms with Gasteiger partial charge in [-0.2, -0.15) is 4.59 Å². The zero-order chi connectivity index (χ0) is 25.9. The van der Waals surface area contributed by atoms with Crippen molar-refractivity contribution in [2.75, 3.05) is 37.7 Å². The van der Waals surface area contributed by atoms with Crippen molar-refractivity contribution in [2.45, 2.75) is 27.3 Å². The molecule has 0 radical (unpaired) electrons. The Morgan fingerprint density at radius 2 is 1.81 bits per heavy atom. The summed E-state index contributed by atoms with van der Waals surface area (Å²) >= 11 is 0. The van der Waals surface area contributed by atoms with Crippen molar-refractivity contribution in [3.63, 3.8) is 0 Å². The number of amidine groups is 1. The minimum Gasteiger partial charge on any atom is -1.00 e. The van der Waals surface area contributed by atoms with Crippen LogP contribution in [0.1, 0.15) is 31.1 Å². The van der Waals surface area contributed by atoms with E-state index < -0.39 is 23.2 Å². The van der Waals surface area contributed by atoms with E-state index in [0.717, 1.165) is 11.8 Å². The number of carbonyl (C=O) groups is 2. The van der Waals surface area contributed by atoms with E-state index in [1.54, 1.807) is 17.6 Å². The number of pyridine rings is 1. The number of rotatable bonds is 4. The first-order valence-corrected chi connectivity index (χ1v) is 11.8. The summed E-state index contributed by atoms with van der Waals surface area (Å²) in [6.45, 7) is 8.52. The third-order valence-electron chi connectivity index (χ3n) is 7.28. The van der Waals surface area contributed by atoms with Crippen molar-refractivity contribution in [3.8, 4) is 0 Å². The Bertz CT molecular complexity index is 1490. The number of benzene rings is 1.